The highest BCUT2D eigenvalue weighted by atomic mass is 15.1. The molecule has 0 saturated carbocycles. The Labute approximate surface area is 310 Å². The van der Waals surface area contributed by atoms with Crippen LogP contribution in [0, 0.1) is 0 Å². The Morgan fingerprint density at radius 1 is 0.388 bits per heavy atom. The lowest BCUT2D eigenvalue weighted by atomic mass is 9.92. The SMILES string of the molecule is CCCCCCCCCCCCCCCCCC(CCCCCCCCCC)c1[nH]cc[n+]1C(C)CCCCCCCCCCCCCC. The summed E-state index contributed by atoms with van der Waals surface area (Å²) in [4.78, 5) is 3.77. The summed E-state index contributed by atoms with van der Waals surface area (Å²) in [6.45, 7) is 9.44. The molecule has 0 saturated heterocycles. The van der Waals surface area contributed by atoms with Gasteiger partial charge in [-0.15, -0.1) is 0 Å². The van der Waals surface area contributed by atoms with Gasteiger partial charge in [0.2, 0.25) is 0 Å². The molecule has 1 rings (SSSR count). The number of unbranched alkanes of at least 4 members (excludes halogenated alkanes) is 32. The van der Waals surface area contributed by atoms with Crippen LogP contribution in [0.5, 0.6) is 0 Å². The zero-order valence-corrected chi connectivity index (χ0v) is 34.6. The molecule has 1 aromatic heterocycles. The molecule has 290 valence electrons. The van der Waals surface area contributed by atoms with Crippen molar-refractivity contribution >= 4 is 0 Å². The van der Waals surface area contributed by atoms with E-state index in [1.165, 1.54) is 244 Å². The van der Waals surface area contributed by atoms with E-state index in [0.717, 1.165) is 0 Å². The van der Waals surface area contributed by atoms with E-state index < -0.39 is 0 Å². The second kappa shape index (κ2) is 37.0. The largest absolute Gasteiger partial charge is 0.257 e. The highest BCUT2D eigenvalue weighted by Crippen LogP contribution is 2.27. The highest BCUT2D eigenvalue weighted by molar-refractivity contribution is 4.90. The van der Waals surface area contributed by atoms with Crippen LogP contribution in [-0.2, 0) is 0 Å². The summed E-state index contributed by atoms with van der Waals surface area (Å²) in [5.41, 5.74) is 0. The molecule has 1 heterocycles. The third-order valence-electron chi connectivity index (χ3n) is 11.6. The second-order valence-electron chi connectivity index (χ2n) is 16.5. The molecule has 0 aliphatic rings. The van der Waals surface area contributed by atoms with Gasteiger partial charge in [0.1, 0.15) is 12.4 Å². The maximum Gasteiger partial charge on any atom is 0.257 e. The van der Waals surface area contributed by atoms with E-state index >= 15 is 0 Å². The Morgan fingerprint density at radius 2 is 0.653 bits per heavy atom. The molecule has 0 radical (unpaired) electrons. The Bertz CT molecular complexity index is 753. The van der Waals surface area contributed by atoms with Crippen molar-refractivity contribution in [3.8, 4) is 0 Å². The first-order valence-corrected chi connectivity index (χ1v) is 23.3. The molecule has 0 fully saturated rings. The van der Waals surface area contributed by atoms with Crippen molar-refractivity contribution in [2.75, 3.05) is 0 Å². The van der Waals surface area contributed by atoms with Gasteiger partial charge in [0.05, 0.1) is 12.0 Å². The van der Waals surface area contributed by atoms with Crippen LogP contribution in [0.25, 0.3) is 0 Å². The van der Waals surface area contributed by atoms with E-state index in [2.05, 4.69) is 49.6 Å². The van der Waals surface area contributed by atoms with Crippen LogP contribution in [0.4, 0.5) is 0 Å². The average Bonchev–Trinajstić information content (AvgIpc) is 3.60. The van der Waals surface area contributed by atoms with E-state index in [9.17, 15) is 0 Å². The zero-order chi connectivity index (χ0) is 35.3. The first kappa shape index (κ1) is 46.2. The van der Waals surface area contributed by atoms with E-state index in [0.29, 0.717) is 12.0 Å². The minimum absolute atomic E-state index is 0.617. The molecule has 1 aromatic rings. The van der Waals surface area contributed by atoms with E-state index in [4.69, 9.17) is 0 Å². The minimum Gasteiger partial charge on any atom is -0.247 e. The minimum atomic E-state index is 0.617. The summed E-state index contributed by atoms with van der Waals surface area (Å²) in [6, 6.07) is 0.617. The third-order valence-corrected chi connectivity index (χ3v) is 11.6. The number of hydrogen-bond acceptors (Lipinski definition) is 0. The van der Waals surface area contributed by atoms with E-state index in [1.807, 2.05) is 0 Å². The molecule has 2 unspecified atom stereocenters. The van der Waals surface area contributed by atoms with Crippen LogP contribution in [0.15, 0.2) is 12.4 Å². The van der Waals surface area contributed by atoms with Gasteiger partial charge in [-0.25, -0.2) is 9.55 Å². The number of nitrogens with zero attached hydrogens (tertiary/aromatic N) is 1. The summed E-state index contributed by atoms with van der Waals surface area (Å²) in [7, 11) is 0. The summed E-state index contributed by atoms with van der Waals surface area (Å²) in [5, 5.41) is 0. The molecule has 0 aliphatic heterocycles. The Kier molecular flexibility index (Phi) is 34.9. The molecule has 0 spiro atoms. The predicted molar refractivity (Wildman–Crippen MR) is 221 cm³/mol. The maximum atomic E-state index is 3.77. The average molecular weight is 686 g/mol. The summed E-state index contributed by atoms with van der Waals surface area (Å²) in [5.74, 6) is 2.25. The number of rotatable bonds is 40. The Morgan fingerprint density at radius 3 is 0.959 bits per heavy atom. The van der Waals surface area contributed by atoms with Crippen molar-refractivity contribution < 1.29 is 4.57 Å². The Hall–Kier alpha value is -0.790. The Balaban J connectivity index is 2.34. The lowest BCUT2D eigenvalue weighted by Gasteiger charge is -2.17. The van der Waals surface area contributed by atoms with Gasteiger partial charge < -0.3 is 0 Å². The molecule has 0 aliphatic carbocycles. The summed E-state index contributed by atoms with van der Waals surface area (Å²) in [6.07, 6.45) is 59.1. The first-order valence-electron chi connectivity index (χ1n) is 23.3. The number of aromatic amines is 1. The van der Waals surface area contributed by atoms with Crippen molar-refractivity contribution in [3.05, 3.63) is 18.2 Å². The molecule has 0 amide bonds. The molecular formula is C47H93N2+. The number of hydrogen-bond donors (Lipinski definition) is 1. The van der Waals surface area contributed by atoms with Crippen LogP contribution in [0.2, 0.25) is 0 Å². The standard InChI is InChI=1S/C47H92N2/c1-5-8-11-14-17-20-22-24-25-26-28-30-33-36-39-42-46(41-38-35-32-19-16-13-10-7-3)47-48-43-44-49(47)45(4)40-37-34-31-29-27-23-21-18-15-12-9-6-2/h43-46H,5-42H2,1-4H3/p+1. The van der Waals surface area contributed by atoms with E-state index in [1.54, 1.807) is 5.82 Å². The van der Waals surface area contributed by atoms with Gasteiger partial charge in [0.15, 0.2) is 0 Å². The van der Waals surface area contributed by atoms with Gasteiger partial charge in [-0.1, -0.05) is 239 Å². The molecular weight excluding hydrogens is 593 g/mol. The lowest BCUT2D eigenvalue weighted by molar-refractivity contribution is -0.727. The van der Waals surface area contributed by atoms with Gasteiger partial charge in [0.25, 0.3) is 5.82 Å². The van der Waals surface area contributed by atoms with Crippen LogP contribution in [0.3, 0.4) is 0 Å². The highest BCUT2D eigenvalue weighted by Gasteiger charge is 2.25. The number of nitrogens with one attached hydrogen (secondary N) is 1. The second-order valence-corrected chi connectivity index (χ2v) is 16.5. The summed E-state index contributed by atoms with van der Waals surface area (Å²) < 4.78 is 2.65. The fourth-order valence-electron chi connectivity index (χ4n) is 8.20. The van der Waals surface area contributed by atoms with Crippen LogP contribution >= 0.6 is 0 Å². The van der Waals surface area contributed by atoms with Crippen LogP contribution in [-0.4, -0.2) is 4.98 Å². The monoisotopic (exact) mass is 686 g/mol. The van der Waals surface area contributed by atoms with Gasteiger partial charge in [-0.05, 0) is 32.6 Å². The van der Waals surface area contributed by atoms with Gasteiger partial charge in [0, 0.05) is 0 Å². The third kappa shape index (κ3) is 28.5. The number of aromatic nitrogens is 2. The molecule has 0 aromatic carbocycles. The van der Waals surface area contributed by atoms with Crippen LogP contribution in [0.1, 0.15) is 289 Å². The topological polar surface area (TPSA) is 19.7 Å². The molecule has 0 bridgehead atoms. The van der Waals surface area contributed by atoms with Gasteiger partial charge in [-0.3, -0.25) is 0 Å². The normalized spacial score (nSPS) is 13.0. The molecule has 2 nitrogen and oxygen atoms in total. The summed E-state index contributed by atoms with van der Waals surface area (Å²) >= 11 is 0. The molecule has 2 atom stereocenters. The van der Waals surface area contributed by atoms with Crippen molar-refractivity contribution in [2.24, 2.45) is 0 Å². The van der Waals surface area contributed by atoms with Crippen LogP contribution < -0.4 is 4.57 Å². The molecule has 2 heteroatoms. The lowest BCUT2D eigenvalue weighted by Crippen LogP contribution is -2.41. The molecule has 49 heavy (non-hydrogen) atoms. The predicted octanol–water partition coefficient (Wildman–Crippen LogP) is 16.8. The van der Waals surface area contributed by atoms with Gasteiger partial charge >= 0.3 is 0 Å². The van der Waals surface area contributed by atoms with Crippen molar-refractivity contribution in [1.29, 1.82) is 0 Å². The smallest absolute Gasteiger partial charge is 0.247 e. The van der Waals surface area contributed by atoms with E-state index in [-0.39, 0.29) is 0 Å². The van der Waals surface area contributed by atoms with Gasteiger partial charge in [-0.2, -0.15) is 0 Å². The number of imidazole rings is 1. The quantitative estimate of drug-likeness (QED) is 0.0524. The fourth-order valence-corrected chi connectivity index (χ4v) is 8.20. The molecule has 1 N–H and O–H groups in total. The number of H-pyrrole nitrogens is 1. The van der Waals surface area contributed by atoms with Crippen molar-refractivity contribution in [1.82, 2.24) is 4.98 Å². The van der Waals surface area contributed by atoms with Crippen molar-refractivity contribution in [3.63, 3.8) is 0 Å². The van der Waals surface area contributed by atoms with Crippen molar-refractivity contribution in [2.45, 2.75) is 284 Å². The first-order chi connectivity index (χ1) is 24.2. The maximum absolute atomic E-state index is 3.77. The fraction of sp³-hybridized carbons (Fsp3) is 0.936. The zero-order valence-electron chi connectivity index (χ0n) is 34.6.